The molecule has 33 heavy (non-hydrogen) atoms. The van der Waals surface area contributed by atoms with Gasteiger partial charge in [-0.1, -0.05) is 31.2 Å². The first-order valence-corrected chi connectivity index (χ1v) is 11.6. The number of hydrogen-bond donors (Lipinski definition) is 2. The molecule has 0 amide bonds. The molecule has 0 aliphatic heterocycles. The molecule has 10 heteroatoms. The van der Waals surface area contributed by atoms with Gasteiger partial charge in [0.25, 0.3) is 0 Å². The van der Waals surface area contributed by atoms with Crippen LogP contribution >= 0.6 is 0 Å². The van der Waals surface area contributed by atoms with E-state index in [2.05, 4.69) is 9.97 Å². The van der Waals surface area contributed by atoms with Crippen molar-refractivity contribution in [1.82, 2.24) is 9.97 Å². The average molecular weight is 475 g/mol. The third-order valence-electron chi connectivity index (χ3n) is 5.14. The fraction of sp³-hybridized carbons (Fsp3) is 0.174. The van der Waals surface area contributed by atoms with E-state index in [0.717, 1.165) is 12.1 Å². The molecule has 0 saturated carbocycles. The molecule has 0 bridgehead atoms. The number of aromatic nitrogens is 2. The molecule has 4 rings (SSSR count). The first kappa shape index (κ1) is 22.8. The number of ether oxygens (including phenoxy) is 1. The zero-order valence-electron chi connectivity index (χ0n) is 17.4. The number of rotatable bonds is 6. The second-order valence-electron chi connectivity index (χ2n) is 7.43. The van der Waals surface area contributed by atoms with Crippen molar-refractivity contribution >= 4 is 21.1 Å². The van der Waals surface area contributed by atoms with E-state index in [1.165, 1.54) is 18.2 Å². The van der Waals surface area contributed by atoms with Gasteiger partial charge >= 0.3 is 6.18 Å². The zero-order valence-corrected chi connectivity index (χ0v) is 18.2. The molecule has 1 heterocycles. The lowest BCUT2D eigenvalue weighted by Gasteiger charge is -2.16. The molecule has 3 N–H and O–H groups in total. The summed E-state index contributed by atoms with van der Waals surface area (Å²) in [5, 5.41) is 5.35. The minimum atomic E-state index is -4.42. The smallest absolute Gasteiger partial charge is 0.416 e. The van der Waals surface area contributed by atoms with Gasteiger partial charge in [-0.2, -0.15) is 13.2 Å². The molecule has 0 fully saturated rings. The van der Waals surface area contributed by atoms with Crippen molar-refractivity contribution in [3.05, 3.63) is 78.1 Å². The van der Waals surface area contributed by atoms with E-state index in [0.29, 0.717) is 34.4 Å². The van der Waals surface area contributed by atoms with Crippen LogP contribution in [0, 0.1) is 0 Å². The first-order valence-electron chi connectivity index (χ1n) is 10.0. The average Bonchev–Trinajstić information content (AvgIpc) is 3.19. The Morgan fingerprint density at radius 3 is 2.39 bits per heavy atom. The number of alkyl halides is 3. The van der Waals surface area contributed by atoms with Crippen molar-refractivity contribution in [1.29, 1.82) is 0 Å². The monoisotopic (exact) mass is 475 g/mol. The van der Waals surface area contributed by atoms with E-state index in [-0.39, 0.29) is 10.6 Å². The quantitative estimate of drug-likeness (QED) is 0.389. The van der Waals surface area contributed by atoms with Crippen molar-refractivity contribution in [2.75, 3.05) is 0 Å². The highest BCUT2D eigenvalue weighted by Crippen LogP contribution is 2.33. The SMILES string of the molecule is CCC(Oc1ccc(C(F)(F)F)cc1)c1nc2ccc(-c3ccccc3S(N)(=O)=O)cc2[nH]1. The van der Waals surface area contributed by atoms with Crippen LogP contribution in [0.3, 0.4) is 0 Å². The van der Waals surface area contributed by atoms with Crippen molar-refractivity contribution in [2.24, 2.45) is 5.14 Å². The second-order valence-corrected chi connectivity index (χ2v) is 8.96. The number of nitrogens with one attached hydrogen (secondary N) is 1. The van der Waals surface area contributed by atoms with Gasteiger partial charge in [0.15, 0.2) is 6.10 Å². The van der Waals surface area contributed by atoms with Gasteiger partial charge in [0, 0.05) is 5.56 Å². The van der Waals surface area contributed by atoms with Gasteiger partial charge < -0.3 is 9.72 Å². The van der Waals surface area contributed by atoms with Gasteiger partial charge in [0.05, 0.1) is 21.5 Å². The molecule has 6 nitrogen and oxygen atoms in total. The lowest BCUT2D eigenvalue weighted by atomic mass is 10.1. The summed E-state index contributed by atoms with van der Waals surface area (Å²) >= 11 is 0. The number of fused-ring (bicyclic) bond motifs is 1. The molecular formula is C23H20F3N3O3S. The van der Waals surface area contributed by atoms with E-state index in [9.17, 15) is 21.6 Å². The van der Waals surface area contributed by atoms with Crippen LogP contribution in [0.4, 0.5) is 13.2 Å². The van der Waals surface area contributed by atoms with Crippen molar-refractivity contribution in [3.63, 3.8) is 0 Å². The van der Waals surface area contributed by atoms with Gasteiger partial charge in [-0.15, -0.1) is 0 Å². The molecule has 0 aliphatic carbocycles. The number of nitrogens with two attached hydrogens (primary N) is 1. The Kier molecular flexibility index (Phi) is 5.89. The highest BCUT2D eigenvalue weighted by molar-refractivity contribution is 7.89. The van der Waals surface area contributed by atoms with Crippen molar-refractivity contribution in [2.45, 2.75) is 30.5 Å². The highest BCUT2D eigenvalue weighted by atomic mass is 32.2. The van der Waals surface area contributed by atoms with Gasteiger partial charge in [-0.3, -0.25) is 0 Å². The van der Waals surface area contributed by atoms with E-state index in [4.69, 9.17) is 9.88 Å². The minimum absolute atomic E-state index is 0.0150. The standard InChI is InChI=1S/C23H20F3N3O3S/c1-2-20(32-16-10-8-15(9-11-16)23(24,25)26)22-28-18-12-7-14(13-19(18)29-22)17-5-3-4-6-21(17)33(27,30)31/h3-13,20H,2H2,1H3,(H,28,29)(H2,27,30,31). The predicted octanol–water partition coefficient (Wildman–Crippen LogP) is 5.43. The maximum Gasteiger partial charge on any atom is 0.416 e. The summed E-state index contributed by atoms with van der Waals surface area (Å²) in [4.78, 5) is 7.73. The number of imidazole rings is 1. The summed E-state index contributed by atoms with van der Waals surface area (Å²) in [6, 6.07) is 16.2. The van der Waals surface area contributed by atoms with Gasteiger partial charge in [-0.05, 0) is 54.4 Å². The summed E-state index contributed by atoms with van der Waals surface area (Å²) < 4.78 is 68.1. The number of aromatic amines is 1. The van der Waals surface area contributed by atoms with Crippen LogP contribution in [-0.4, -0.2) is 18.4 Å². The topological polar surface area (TPSA) is 98.1 Å². The highest BCUT2D eigenvalue weighted by Gasteiger charge is 2.30. The van der Waals surface area contributed by atoms with Crippen LogP contribution in [0.2, 0.25) is 0 Å². The lowest BCUT2D eigenvalue weighted by Crippen LogP contribution is -2.13. The lowest BCUT2D eigenvalue weighted by molar-refractivity contribution is -0.137. The molecule has 0 saturated heterocycles. The van der Waals surface area contributed by atoms with Crippen LogP contribution in [-0.2, 0) is 16.2 Å². The Balaban J connectivity index is 1.64. The fourth-order valence-corrected chi connectivity index (χ4v) is 4.28. The van der Waals surface area contributed by atoms with E-state index in [1.54, 1.807) is 36.4 Å². The second kappa shape index (κ2) is 8.53. The Labute approximate surface area is 188 Å². The molecule has 3 aromatic carbocycles. The van der Waals surface area contributed by atoms with Gasteiger partial charge in [-0.25, -0.2) is 18.5 Å². The van der Waals surface area contributed by atoms with Crippen molar-refractivity contribution in [3.8, 4) is 16.9 Å². The molecule has 0 radical (unpaired) electrons. The number of benzene rings is 3. The molecule has 0 spiro atoms. The number of hydrogen-bond acceptors (Lipinski definition) is 4. The molecule has 0 aliphatic rings. The number of primary sulfonamides is 1. The molecule has 4 aromatic rings. The third kappa shape index (κ3) is 4.86. The number of sulfonamides is 1. The number of H-pyrrole nitrogens is 1. The van der Waals surface area contributed by atoms with Crippen LogP contribution < -0.4 is 9.88 Å². The maximum atomic E-state index is 12.8. The summed E-state index contributed by atoms with van der Waals surface area (Å²) in [5.74, 6) is 0.794. The largest absolute Gasteiger partial charge is 0.483 e. The zero-order chi connectivity index (χ0) is 23.8. The molecular weight excluding hydrogens is 455 g/mol. The van der Waals surface area contributed by atoms with E-state index in [1.807, 2.05) is 6.92 Å². The normalized spacial score (nSPS) is 13.2. The Bertz CT molecular complexity index is 1400. The van der Waals surface area contributed by atoms with Crippen LogP contribution in [0.5, 0.6) is 5.75 Å². The van der Waals surface area contributed by atoms with Gasteiger partial charge in [0.1, 0.15) is 11.6 Å². The first-order chi connectivity index (χ1) is 15.6. The molecule has 172 valence electrons. The number of halogens is 3. The summed E-state index contributed by atoms with van der Waals surface area (Å²) in [7, 11) is -3.91. The van der Waals surface area contributed by atoms with E-state index >= 15 is 0 Å². The Morgan fingerprint density at radius 1 is 1.06 bits per heavy atom. The van der Waals surface area contributed by atoms with Crippen LogP contribution in [0.1, 0.15) is 30.8 Å². The van der Waals surface area contributed by atoms with Crippen LogP contribution in [0.15, 0.2) is 71.6 Å². The van der Waals surface area contributed by atoms with Crippen LogP contribution in [0.25, 0.3) is 22.2 Å². The molecule has 1 atom stereocenters. The Hall–Kier alpha value is -3.37. The predicted molar refractivity (Wildman–Crippen MR) is 118 cm³/mol. The molecule has 1 aromatic heterocycles. The fourth-order valence-electron chi connectivity index (χ4n) is 3.52. The Morgan fingerprint density at radius 2 is 1.76 bits per heavy atom. The summed E-state index contributed by atoms with van der Waals surface area (Å²) in [6.45, 7) is 1.87. The minimum Gasteiger partial charge on any atom is -0.483 e. The third-order valence-corrected chi connectivity index (χ3v) is 6.11. The summed E-state index contributed by atoms with van der Waals surface area (Å²) in [6.07, 6.45) is -4.42. The van der Waals surface area contributed by atoms with Gasteiger partial charge in [0.2, 0.25) is 10.0 Å². The maximum absolute atomic E-state index is 12.8. The summed E-state index contributed by atoms with van der Waals surface area (Å²) in [5.41, 5.74) is 1.64. The van der Waals surface area contributed by atoms with Crippen molar-refractivity contribution < 1.29 is 26.3 Å². The molecule has 1 unspecified atom stereocenters. The van der Waals surface area contributed by atoms with E-state index < -0.39 is 27.9 Å². The number of nitrogens with zero attached hydrogens (tertiary/aromatic N) is 1.